The van der Waals surface area contributed by atoms with Crippen molar-refractivity contribution < 1.29 is 4.74 Å². The summed E-state index contributed by atoms with van der Waals surface area (Å²) < 4.78 is 5.71. The largest absolute Gasteiger partial charge is 0.493 e. The van der Waals surface area contributed by atoms with Crippen LogP contribution in [0.4, 0.5) is 0 Å². The fourth-order valence-corrected chi connectivity index (χ4v) is 1.36. The van der Waals surface area contributed by atoms with Crippen molar-refractivity contribution >= 4 is 0 Å². The van der Waals surface area contributed by atoms with Crippen LogP contribution in [0.1, 0.15) is 25.3 Å². The Morgan fingerprint density at radius 3 is 3.19 bits per heavy atom. The summed E-state index contributed by atoms with van der Waals surface area (Å²) in [4.78, 5) is 4.11. The summed E-state index contributed by atoms with van der Waals surface area (Å²) in [7, 11) is 0. The minimum Gasteiger partial charge on any atom is -0.493 e. The molecular formula is C13H20N2O. The van der Waals surface area contributed by atoms with E-state index in [9.17, 15) is 0 Å². The quantitative estimate of drug-likeness (QED) is 0.540. The molecule has 0 aliphatic rings. The van der Waals surface area contributed by atoms with E-state index in [-0.39, 0.29) is 0 Å². The van der Waals surface area contributed by atoms with Crippen LogP contribution >= 0.6 is 0 Å². The number of nitrogens with one attached hydrogen (secondary N) is 1. The number of aromatic nitrogens is 1. The second kappa shape index (κ2) is 7.88. The first kappa shape index (κ1) is 12.7. The lowest BCUT2D eigenvalue weighted by Gasteiger charge is -2.10. The van der Waals surface area contributed by atoms with Gasteiger partial charge >= 0.3 is 0 Å². The molecule has 0 radical (unpaired) electrons. The zero-order chi connectivity index (χ0) is 11.6. The Hall–Kier alpha value is -1.35. The van der Waals surface area contributed by atoms with Gasteiger partial charge in [-0.3, -0.25) is 4.98 Å². The lowest BCUT2D eigenvalue weighted by atomic mass is 10.2. The van der Waals surface area contributed by atoms with Crippen LogP contribution in [0.2, 0.25) is 0 Å². The van der Waals surface area contributed by atoms with E-state index in [1.165, 1.54) is 0 Å². The number of pyridine rings is 1. The molecule has 0 fully saturated rings. The second-order valence-corrected chi connectivity index (χ2v) is 3.54. The molecule has 88 valence electrons. The molecule has 1 heterocycles. The van der Waals surface area contributed by atoms with Crippen molar-refractivity contribution in [1.29, 1.82) is 0 Å². The van der Waals surface area contributed by atoms with Crippen LogP contribution in [-0.4, -0.2) is 18.1 Å². The summed E-state index contributed by atoms with van der Waals surface area (Å²) in [5.41, 5.74) is 1.11. The summed E-state index contributed by atoms with van der Waals surface area (Å²) in [6.07, 6.45) is 7.53. The summed E-state index contributed by atoms with van der Waals surface area (Å²) >= 11 is 0. The zero-order valence-corrected chi connectivity index (χ0v) is 9.91. The van der Waals surface area contributed by atoms with Gasteiger partial charge in [-0.2, -0.15) is 0 Å². The first-order chi connectivity index (χ1) is 7.88. The number of nitrogens with zero attached hydrogens (tertiary/aromatic N) is 1. The van der Waals surface area contributed by atoms with Gasteiger partial charge in [0.2, 0.25) is 0 Å². The molecule has 3 heteroatoms. The van der Waals surface area contributed by atoms with Crippen LogP contribution in [-0.2, 0) is 6.54 Å². The van der Waals surface area contributed by atoms with Gasteiger partial charge in [0, 0.05) is 24.5 Å². The molecule has 3 nitrogen and oxygen atoms in total. The third kappa shape index (κ3) is 4.45. The Balaban J connectivity index is 2.46. The predicted octanol–water partition coefficient (Wildman–Crippen LogP) is 2.54. The Bertz CT molecular complexity index is 313. The number of unbranched alkanes of at least 4 members (excludes halogenated alkanes) is 1. The lowest BCUT2D eigenvalue weighted by Crippen LogP contribution is -2.13. The van der Waals surface area contributed by atoms with E-state index in [0.29, 0.717) is 0 Å². The van der Waals surface area contributed by atoms with Crippen LogP contribution in [0.15, 0.2) is 31.1 Å². The summed E-state index contributed by atoms with van der Waals surface area (Å²) in [6.45, 7) is 8.26. The maximum Gasteiger partial charge on any atom is 0.126 e. The molecule has 0 aromatic carbocycles. The third-order valence-corrected chi connectivity index (χ3v) is 2.23. The highest BCUT2D eigenvalue weighted by Gasteiger charge is 2.02. The lowest BCUT2D eigenvalue weighted by molar-refractivity contribution is 0.308. The molecule has 0 aliphatic heterocycles. The zero-order valence-electron chi connectivity index (χ0n) is 9.91. The molecule has 1 aromatic heterocycles. The smallest absolute Gasteiger partial charge is 0.126 e. The molecule has 0 aliphatic carbocycles. The Morgan fingerprint density at radius 1 is 1.56 bits per heavy atom. The van der Waals surface area contributed by atoms with Gasteiger partial charge in [-0.05, 0) is 25.5 Å². The van der Waals surface area contributed by atoms with Gasteiger partial charge in [-0.25, -0.2) is 0 Å². The highest BCUT2D eigenvalue weighted by molar-refractivity contribution is 5.29. The van der Waals surface area contributed by atoms with Crippen molar-refractivity contribution in [3.63, 3.8) is 0 Å². The average molecular weight is 220 g/mol. The molecule has 0 atom stereocenters. The highest BCUT2D eigenvalue weighted by atomic mass is 16.5. The van der Waals surface area contributed by atoms with Crippen molar-refractivity contribution in [2.24, 2.45) is 0 Å². The van der Waals surface area contributed by atoms with Crippen molar-refractivity contribution in [3.05, 3.63) is 36.7 Å². The van der Waals surface area contributed by atoms with Gasteiger partial charge in [0.1, 0.15) is 5.75 Å². The molecule has 0 bridgehead atoms. The van der Waals surface area contributed by atoms with Crippen LogP contribution in [0.3, 0.4) is 0 Å². The monoisotopic (exact) mass is 220 g/mol. The van der Waals surface area contributed by atoms with Gasteiger partial charge in [0.25, 0.3) is 0 Å². The number of allylic oxidation sites excluding steroid dienone is 1. The highest BCUT2D eigenvalue weighted by Crippen LogP contribution is 2.16. The molecule has 1 N–H and O–H groups in total. The molecule has 1 rings (SSSR count). The predicted molar refractivity (Wildman–Crippen MR) is 66.5 cm³/mol. The molecule has 1 aromatic rings. The minimum atomic E-state index is 0.731. The first-order valence-electron chi connectivity index (χ1n) is 5.75. The molecular weight excluding hydrogens is 200 g/mol. The van der Waals surface area contributed by atoms with Crippen molar-refractivity contribution in [1.82, 2.24) is 10.3 Å². The van der Waals surface area contributed by atoms with E-state index in [0.717, 1.165) is 43.9 Å². The molecule has 0 spiro atoms. The summed E-state index contributed by atoms with van der Waals surface area (Å²) in [6, 6.07) is 1.92. The summed E-state index contributed by atoms with van der Waals surface area (Å²) in [5, 5.41) is 3.27. The van der Waals surface area contributed by atoms with E-state index < -0.39 is 0 Å². The van der Waals surface area contributed by atoms with E-state index in [2.05, 4.69) is 23.8 Å². The van der Waals surface area contributed by atoms with Crippen molar-refractivity contribution in [3.8, 4) is 5.75 Å². The Morgan fingerprint density at radius 2 is 2.44 bits per heavy atom. The van der Waals surface area contributed by atoms with Crippen molar-refractivity contribution in [2.75, 3.05) is 13.2 Å². The second-order valence-electron chi connectivity index (χ2n) is 3.54. The van der Waals surface area contributed by atoms with Gasteiger partial charge in [0.15, 0.2) is 0 Å². The SMILES string of the molecule is C=CCCCOc1ccncc1CNCC. The first-order valence-corrected chi connectivity index (χ1v) is 5.75. The Kier molecular flexibility index (Phi) is 6.26. The minimum absolute atomic E-state index is 0.731. The number of hydrogen-bond acceptors (Lipinski definition) is 3. The third-order valence-electron chi connectivity index (χ3n) is 2.23. The number of rotatable bonds is 8. The van der Waals surface area contributed by atoms with Gasteiger partial charge in [-0.15, -0.1) is 6.58 Å². The van der Waals surface area contributed by atoms with E-state index in [1.54, 1.807) is 6.20 Å². The van der Waals surface area contributed by atoms with Gasteiger partial charge in [0.05, 0.1) is 6.61 Å². The Labute approximate surface area is 97.5 Å². The van der Waals surface area contributed by atoms with Crippen LogP contribution in [0, 0.1) is 0 Å². The standard InChI is InChI=1S/C13H20N2O/c1-3-5-6-9-16-13-7-8-15-11-12(13)10-14-4-2/h3,7-8,11,14H,1,4-6,9-10H2,2H3. The van der Waals surface area contributed by atoms with Crippen molar-refractivity contribution in [2.45, 2.75) is 26.3 Å². The fraction of sp³-hybridized carbons (Fsp3) is 0.462. The fourth-order valence-electron chi connectivity index (χ4n) is 1.36. The number of hydrogen-bond donors (Lipinski definition) is 1. The van der Waals surface area contributed by atoms with E-state index in [1.807, 2.05) is 18.3 Å². The topological polar surface area (TPSA) is 34.1 Å². The average Bonchev–Trinajstić information content (AvgIpc) is 2.33. The van der Waals surface area contributed by atoms with Crippen LogP contribution in [0.5, 0.6) is 5.75 Å². The maximum atomic E-state index is 5.71. The molecule has 0 saturated heterocycles. The molecule has 16 heavy (non-hydrogen) atoms. The van der Waals surface area contributed by atoms with Crippen LogP contribution < -0.4 is 10.1 Å². The van der Waals surface area contributed by atoms with Gasteiger partial charge < -0.3 is 10.1 Å². The van der Waals surface area contributed by atoms with E-state index >= 15 is 0 Å². The molecule has 0 amide bonds. The molecule has 0 saturated carbocycles. The number of ether oxygens (including phenoxy) is 1. The van der Waals surface area contributed by atoms with Gasteiger partial charge in [-0.1, -0.05) is 13.0 Å². The normalized spacial score (nSPS) is 10.1. The molecule has 0 unspecified atom stereocenters. The van der Waals surface area contributed by atoms with E-state index in [4.69, 9.17) is 4.74 Å². The van der Waals surface area contributed by atoms with Crippen LogP contribution in [0.25, 0.3) is 0 Å². The summed E-state index contributed by atoms with van der Waals surface area (Å²) in [5.74, 6) is 0.931. The maximum absolute atomic E-state index is 5.71.